The minimum absolute atomic E-state index is 0.887. The highest BCUT2D eigenvalue weighted by Crippen LogP contribution is 1.98. The highest BCUT2D eigenvalue weighted by molar-refractivity contribution is 5.44. The van der Waals surface area contributed by atoms with Crippen LogP contribution in [0.3, 0.4) is 0 Å². The van der Waals surface area contributed by atoms with Gasteiger partial charge in [0.1, 0.15) is 6.33 Å². The van der Waals surface area contributed by atoms with Crippen molar-refractivity contribution in [3.8, 4) is 0 Å². The van der Waals surface area contributed by atoms with Gasteiger partial charge in [-0.05, 0) is 36.4 Å². The van der Waals surface area contributed by atoms with Gasteiger partial charge in [0.2, 0.25) is 0 Å². The van der Waals surface area contributed by atoms with Crippen LogP contribution in [0.1, 0.15) is 0 Å². The van der Waals surface area contributed by atoms with E-state index in [2.05, 4.69) is 15.2 Å². The summed E-state index contributed by atoms with van der Waals surface area (Å²) in [6.45, 7) is 0. The number of aromatic nitrogens is 5. The van der Waals surface area contributed by atoms with Gasteiger partial charge in [0.25, 0.3) is 0 Å². The molecule has 88 valence electrons. The molecule has 0 amide bonds. The molecule has 0 fully saturated rings. The first-order valence-corrected chi connectivity index (χ1v) is 5.56. The Bertz CT molecular complexity index is 629. The SMILES string of the molecule is c1ccn2ncnc2c1.c1cnn2cccc2c1. The van der Waals surface area contributed by atoms with Crippen LogP contribution >= 0.6 is 0 Å². The number of pyridine rings is 1. The lowest BCUT2D eigenvalue weighted by Gasteiger charge is -1.87. The molecule has 0 bridgehead atoms. The third kappa shape index (κ3) is 2.06. The second-order valence-corrected chi connectivity index (χ2v) is 3.66. The second kappa shape index (κ2) is 4.67. The van der Waals surface area contributed by atoms with E-state index in [1.165, 1.54) is 6.33 Å². The summed E-state index contributed by atoms with van der Waals surface area (Å²) in [5.41, 5.74) is 2.02. The van der Waals surface area contributed by atoms with Crippen LogP contribution in [-0.4, -0.2) is 24.2 Å². The van der Waals surface area contributed by atoms with Crippen LogP contribution in [0.2, 0.25) is 0 Å². The zero-order chi connectivity index (χ0) is 12.2. The first kappa shape index (κ1) is 10.5. The van der Waals surface area contributed by atoms with Gasteiger partial charge >= 0.3 is 0 Å². The predicted molar refractivity (Wildman–Crippen MR) is 68.2 cm³/mol. The van der Waals surface area contributed by atoms with Crippen LogP contribution < -0.4 is 0 Å². The molecular weight excluding hydrogens is 226 g/mol. The third-order valence-electron chi connectivity index (χ3n) is 2.49. The topological polar surface area (TPSA) is 47.5 Å². The van der Waals surface area contributed by atoms with Crippen molar-refractivity contribution in [2.75, 3.05) is 0 Å². The summed E-state index contributed by atoms with van der Waals surface area (Å²) in [4.78, 5) is 3.97. The van der Waals surface area contributed by atoms with Gasteiger partial charge in [-0.15, -0.1) is 0 Å². The van der Waals surface area contributed by atoms with Crippen molar-refractivity contribution in [3.63, 3.8) is 0 Å². The monoisotopic (exact) mass is 237 g/mol. The number of hydrogen-bond acceptors (Lipinski definition) is 3. The molecule has 0 spiro atoms. The lowest BCUT2D eigenvalue weighted by molar-refractivity contribution is 0.941. The van der Waals surface area contributed by atoms with Crippen molar-refractivity contribution in [3.05, 3.63) is 67.4 Å². The molecule has 5 nitrogen and oxygen atoms in total. The molecule has 4 heterocycles. The standard InChI is InChI=1S/C7H6N2.C6H5N3/c1-3-7-4-2-6-9(7)8-5-1;1-2-4-9-6(3-1)7-5-8-9/h1-6H;1-5H. The average Bonchev–Trinajstić information content (AvgIpc) is 3.08. The Labute approximate surface area is 103 Å². The Morgan fingerprint density at radius 2 is 1.67 bits per heavy atom. The molecule has 0 aliphatic carbocycles. The first-order valence-electron chi connectivity index (χ1n) is 5.56. The van der Waals surface area contributed by atoms with Crippen LogP contribution in [0, 0.1) is 0 Å². The van der Waals surface area contributed by atoms with Gasteiger partial charge in [0, 0.05) is 18.6 Å². The van der Waals surface area contributed by atoms with Crippen LogP contribution in [-0.2, 0) is 0 Å². The zero-order valence-corrected chi connectivity index (χ0v) is 9.59. The van der Waals surface area contributed by atoms with E-state index in [1.54, 1.807) is 10.7 Å². The third-order valence-corrected chi connectivity index (χ3v) is 2.49. The summed E-state index contributed by atoms with van der Waals surface area (Å²) in [6.07, 6.45) is 7.10. The van der Waals surface area contributed by atoms with E-state index in [9.17, 15) is 0 Å². The lowest BCUT2D eigenvalue weighted by atomic mass is 10.5. The maximum absolute atomic E-state index is 4.06. The molecule has 4 rings (SSSR count). The molecule has 5 heteroatoms. The van der Waals surface area contributed by atoms with Gasteiger partial charge in [-0.1, -0.05) is 6.07 Å². The summed E-state index contributed by atoms with van der Waals surface area (Å²) in [7, 11) is 0. The molecular formula is C13H11N5. The summed E-state index contributed by atoms with van der Waals surface area (Å²) in [6, 6.07) is 13.7. The Kier molecular flexibility index (Phi) is 2.71. The maximum Gasteiger partial charge on any atom is 0.155 e. The van der Waals surface area contributed by atoms with E-state index in [0.29, 0.717) is 0 Å². The molecule has 0 atom stereocenters. The van der Waals surface area contributed by atoms with Crippen molar-refractivity contribution in [2.45, 2.75) is 0 Å². The van der Waals surface area contributed by atoms with E-state index in [-0.39, 0.29) is 0 Å². The van der Waals surface area contributed by atoms with Crippen molar-refractivity contribution < 1.29 is 0 Å². The van der Waals surface area contributed by atoms with Gasteiger partial charge in [0.15, 0.2) is 5.65 Å². The molecule has 4 aromatic rings. The molecule has 0 aliphatic heterocycles. The van der Waals surface area contributed by atoms with Crippen LogP contribution in [0.5, 0.6) is 0 Å². The van der Waals surface area contributed by atoms with E-state index in [1.807, 2.05) is 59.4 Å². The molecule has 0 unspecified atom stereocenters. The second-order valence-electron chi connectivity index (χ2n) is 3.66. The molecule has 18 heavy (non-hydrogen) atoms. The Balaban J connectivity index is 0.000000111. The van der Waals surface area contributed by atoms with Gasteiger partial charge in [0.05, 0.1) is 5.52 Å². The van der Waals surface area contributed by atoms with E-state index in [0.717, 1.165) is 11.2 Å². The largest absolute Gasteiger partial charge is 0.241 e. The van der Waals surface area contributed by atoms with E-state index < -0.39 is 0 Å². The van der Waals surface area contributed by atoms with Gasteiger partial charge < -0.3 is 0 Å². The van der Waals surface area contributed by atoms with Crippen LogP contribution in [0.4, 0.5) is 0 Å². The summed E-state index contributed by atoms with van der Waals surface area (Å²) >= 11 is 0. The number of fused-ring (bicyclic) bond motifs is 2. The molecule has 4 aromatic heterocycles. The fourth-order valence-electron chi connectivity index (χ4n) is 1.64. The Morgan fingerprint density at radius 1 is 0.778 bits per heavy atom. The van der Waals surface area contributed by atoms with Gasteiger partial charge in [-0.3, -0.25) is 0 Å². The fourth-order valence-corrected chi connectivity index (χ4v) is 1.64. The summed E-state index contributed by atoms with van der Waals surface area (Å²) < 4.78 is 3.56. The smallest absolute Gasteiger partial charge is 0.155 e. The van der Waals surface area contributed by atoms with Crippen molar-refractivity contribution >= 4 is 11.2 Å². The fraction of sp³-hybridized carbons (Fsp3) is 0. The van der Waals surface area contributed by atoms with Crippen molar-refractivity contribution in [1.29, 1.82) is 0 Å². The quantitative estimate of drug-likeness (QED) is 0.470. The predicted octanol–water partition coefficient (Wildman–Crippen LogP) is 2.06. The number of hydrogen-bond donors (Lipinski definition) is 0. The average molecular weight is 237 g/mol. The summed E-state index contributed by atoms with van der Waals surface area (Å²) in [5, 5.41) is 7.98. The summed E-state index contributed by atoms with van der Waals surface area (Å²) in [5.74, 6) is 0. The van der Waals surface area contributed by atoms with Crippen molar-refractivity contribution in [2.24, 2.45) is 0 Å². The molecule has 0 N–H and O–H groups in total. The van der Waals surface area contributed by atoms with Crippen LogP contribution in [0.15, 0.2) is 67.4 Å². The molecule has 0 aromatic carbocycles. The maximum atomic E-state index is 4.06. The Morgan fingerprint density at radius 3 is 2.56 bits per heavy atom. The molecule has 0 saturated heterocycles. The number of rotatable bonds is 0. The zero-order valence-electron chi connectivity index (χ0n) is 9.59. The highest BCUT2D eigenvalue weighted by Gasteiger charge is 1.87. The van der Waals surface area contributed by atoms with Crippen LogP contribution in [0.25, 0.3) is 11.2 Å². The first-order chi connectivity index (χ1) is 8.93. The minimum Gasteiger partial charge on any atom is -0.241 e. The lowest BCUT2D eigenvalue weighted by Crippen LogP contribution is -1.84. The van der Waals surface area contributed by atoms with Gasteiger partial charge in [-0.25, -0.2) is 14.0 Å². The van der Waals surface area contributed by atoms with Gasteiger partial charge in [-0.2, -0.15) is 10.2 Å². The molecule has 0 saturated carbocycles. The molecule has 0 radical (unpaired) electrons. The Hall–Kier alpha value is -2.69. The van der Waals surface area contributed by atoms with Crippen molar-refractivity contribution in [1.82, 2.24) is 24.2 Å². The van der Waals surface area contributed by atoms with E-state index in [4.69, 9.17) is 0 Å². The number of nitrogens with zero attached hydrogens (tertiary/aromatic N) is 5. The normalized spacial score (nSPS) is 10.2. The highest BCUT2D eigenvalue weighted by atomic mass is 15.3. The minimum atomic E-state index is 0.887. The molecule has 0 aliphatic rings. The van der Waals surface area contributed by atoms with E-state index >= 15 is 0 Å².